The highest BCUT2D eigenvalue weighted by Gasteiger charge is 2.30. The number of carbonyl (C=O) groups is 1. The second-order valence-corrected chi connectivity index (χ2v) is 4.27. The van der Waals surface area contributed by atoms with Crippen molar-refractivity contribution in [3.8, 4) is 0 Å². The van der Waals surface area contributed by atoms with Gasteiger partial charge in [-0.3, -0.25) is 4.79 Å². The van der Waals surface area contributed by atoms with Crippen LogP contribution in [0.1, 0.15) is 19.8 Å². The van der Waals surface area contributed by atoms with E-state index in [0.29, 0.717) is 6.61 Å². The predicted octanol–water partition coefficient (Wildman–Crippen LogP) is -0.355. The number of rotatable bonds is 4. The molecule has 3 N–H and O–H groups in total. The zero-order valence-electron chi connectivity index (χ0n) is 9.41. The van der Waals surface area contributed by atoms with Gasteiger partial charge in [0.25, 0.3) is 0 Å². The molecule has 5 heteroatoms. The summed E-state index contributed by atoms with van der Waals surface area (Å²) in [5.74, 6) is -0.176. The van der Waals surface area contributed by atoms with Crippen LogP contribution < -0.4 is 11.1 Å². The highest BCUT2D eigenvalue weighted by molar-refractivity contribution is 5.82. The van der Waals surface area contributed by atoms with Gasteiger partial charge in [0.15, 0.2) is 0 Å². The molecule has 0 aromatic carbocycles. The Balaban J connectivity index is 2.41. The van der Waals surface area contributed by atoms with Crippen molar-refractivity contribution in [3.63, 3.8) is 0 Å². The maximum atomic E-state index is 11.6. The molecule has 0 saturated carbocycles. The van der Waals surface area contributed by atoms with Crippen LogP contribution in [-0.2, 0) is 14.3 Å². The molecule has 2 atom stereocenters. The minimum absolute atomic E-state index is 0.176. The van der Waals surface area contributed by atoms with Gasteiger partial charge in [0.1, 0.15) is 6.04 Å². The molecule has 1 fully saturated rings. The summed E-state index contributed by atoms with van der Waals surface area (Å²) in [6.45, 7) is 3.54. The number of amides is 1. The van der Waals surface area contributed by atoms with Crippen LogP contribution in [0.15, 0.2) is 0 Å². The summed E-state index contributed by atoms with van der Waals surface area (Å²) in [5, 5.41) is 2.91. The Morgan fingerprint density at radius 1 is 1.73 bits per heavy atom. The summed E-state index contributed by atoms with van der Waals surface area (Å²) in [6.07, 6.45) is 1.90. The van der Waals surface area contributed by atoms with Crippen LogP contribution in [0.4, 0.5) is 0 Å². The zero-order chi connectivity index (χ0) is 11.3. The fraction of sp³-hybridized carbons (Fsp3) is 0.900. The summed E-state index contributed by atoms with van der Waals surface area (Å²) >= 11 is 0. The van der Waals surface area contributed by atoms with Crippen LogP contribution >= 0.6 is 0 Å². The Bertz CT molecular complexity index is 215. The molecule has 2 unspecified atom stereocenters. The normalized spacial score (nSPS) is 28.5. The number of ether oxygens (including phenoxy) is 2. The van der Waals surface area contributed by atoms with Gasteiger partial charge in [0.05, 0.1) is 18.8 Å². The minimum atomic E-state index is -0.603. The van der Waals surface area contributed by atoms with E-state index >= 15 is 0 Å². The lowest BCUT2D eigenvalue weighted by Crippen LogP contribution is -2.56. The Morgan fingerprint density at radius 3 is 3.00 bits per heavy atom. The minimum Gasteiger partial charge on any atom is -0.383 e. The summed E-state index contributed by atoms with van der Waals surface area (Å²) in [5.41, 5.74) is 5.35. The lowest BCUT2D eigenvalue weighted by molar-refractivity contribution is -0.127. The molecule has 1 aliphatic heterocycles. The second kappa shape index (κ2) is 5.44. The number of nitrogens with two attached hydrogens (primary N) is 1. The number of methoxy groups -OCH3 is 1. The molecule has 1 saturated heterocycles. The van der Waals surface area contributed by atoms with Crippen LogP contribution in [0.3, 0.4) is 0 Å². The van der Waals surface area contributed by atoms with Crippen molar-refractivity contribution in [2.45, 2.75) is 31.3 Å². The van der Waals surface area contributed by atoms with Crippen molar-refractivity contribution in [1.29, 1.82) is 0 Å². The second-order valence-electron chi connectivity index (χ2n) is 4.27. The topological polar surface area (TPSA) is 73.6 Å². The SMILES string of the molecule is COCC(N)C(=O)NC1(C)CCCOC1. The highest BCUT2D eigenvalue weighted by atomic mass is 16.5. The van der Waals surface area contributed by atoms with Crippen LogP contribution in [-0.4, -0.2) is 44.4 Å². The van der Waals surface area contributed by atoms with E-state index in [0.717, 1.165) is 19.4 Å². The first-order valence-electron chi connectivity index (χ1n) is 5.22. The standard InChI is InChI=1S/C10H20N2O3/c1-10(4-3-5-15-7-10)12-9(13)8(11)6-14-2/h8H,3-7,11H2,1-2H3,(H,12,13). The quantitative estimate of drug-likeness (QED) is 0.673. The van der Waals surface area contributed by atoms with Crippen molar-refractivity contribution < 1.29 is 14.3 Å². The van der Waals surface area contributed by atoms with Gasteiger partial charge in [0.2, 0.25) is 5.91 Å². The number of hydrogen-bond donors (Lipinski definition) is 2. The Morgan fingerprint density at radius 2 is 2.47 bits per heavy atom. The molecule has 0 bridgehead atoms. The molecular formula is C10H20N2O3. The number of hydrogen-bond acceptors (Lipinski definition) is 4. The van der Waals surface area contributed by atoms with Crippen molar-refractivity contribution in [2.24, 2.45) is 5.73 Å². The Kier molecular flexibility index (Phi) is 4.50. The largest absolute Gasteiger partial charge is 0.383 e. The summed E-state index contributed by atoms with van der Waals surface area (Å²) in [4.78, 5) is 11.6. The van der Waals surface area contributed by atoms with Gasteiger partial charge in [-0.05, 0) is 19.8 Å². The van der Waals surface area contributed by atoms with E-state index in [2.05, 4.69) is 5.32 Å². The molecule has 15 heavy (non-hydrogen) atoms. The van der Waals surface area contributed by atoms with E-state index < -0.39 is 6.04 Å². The smallest absolute Gasteiger partial charge is 0.239 e. The Labute approximate surface area is 90.3 Å². The molecule has 0 spiro atoms. The predicted molar refractivity (Wildman–Crippen MR) is 56.5 cm³/mol. The van der Waals surface area contributed by atoms with E-state index in [-0.39, 0.29) is 18.1 Å². The molecule has 0 aromatic rings. The third-order valence-corrected chi connectivity index (χ3v) is 2.55. The summed E-state index contributed by atoms with van der Waals surface area (Å²) < 4.78 is 10.2. The molecule has 0 radical (unpaired) electrons. The zero-order valence-corrected chi connectivity index (χ0v) is 9.41. The first-order valence-corrected chi connectivity index (χ1v) is 5.22. The van der Waals surface area contributed by atoms with Gasteiger partial charge in [0, 0.05) is 13.7 Å². The third kappa shape index (κ3) is 3.77. The van der Waals surface area contributed by atoms with E-state index in [1.807, 2.05) is 6.92 Å². The molecular weight excluding hydrogens is 196 g/mol. The number of carbonyl (C=O) groups excluding carboxylic acids is 1. The molecule has 1 rings (SSSR count). The maximum absolute atomic E-state index is 11.6. The van der Waals surface area contributed by atoms with Gasteiger partial charge in [-0.25, -0.2) is 0 Å². The van der Waals surface area contributed by atoms with E-state index in [1.165, 1.54) is 7.11 Å². The van der Waals surface area contributed by atoms with Gasteiger partial charge in [-0.15, -0.1) is 0 Å². The van der Waals surface area contributed by atoms with Gasteiger partial charge >= 0.3 is 0 Å². The lowest BCUT2D eigenvalue weighted by Gasteiger charge is -2.35. The molecule has 88 valence electrons. The average Bonchev–Trinajstić information content (AvgIpc) is 2.18. The third-order valence-electron chi connectivity index (χ3n) is 2.55. The van der Waals surface area contributed by atoms with Gasteiger partial charge in [-0.1, -0.05) is 0 Å². The van der Waals surface area contributed by atoms with Crippen LogP contribution in [0.2, 0.25) is 0 Å². The van der Waals surface area contributed by atoms with E-state index in [1.54, 1.807) is 0 Å². The highest BCUT2D eigenvalue weighted by Crippen LogP contribution is 2.18. The number of nitrogens with one attached hydrogen (secondary N) is 1. The van der Waals surface area contributed by atoms with Crippen LogP contribution in [0.5, 0.6) is 0 Å². The first kappa shape index (κ1) is 12.4. The summed E-state index contributed by atoms with van der Waals surface area (Å²) in [6, 6.07) is -0.603. The monoisotopic (exact) mass is 216 g/mol. The lowest BCUT2D eigenvalue weighted by atomic mass is 9.94. The first-order chi connectivity index (χ1) is 7.07. The molecule has 1 amide bonds. The van der Waals surface area contributed by atoms with Crippen molar-refractivity contribution >= 4 is 5.91 Å². The van der Waals surface area contributed by atoms with Crippen LogP contribution in [0, 0.1) is 0 Å². The fourth-order valence-electron chi connectivity index (χ4n) is 1.68. The van der Waals surface area contributed by atoms with Gasteiger partial charge < -0.3 is 20.5 Å². The molecule has 0 aliphatic carbocycles. The fourth-order valence-corrected chi connectivity index (χ4v) is 1.68. The molecule has 1 heterocycles. The average molecular weight is 216 g/mol. The van der Waals surface area contributed by atoms with Crippen molar-refractivity contribution in [2.75, 3.05) is 26.9 Å². The van der Waals surface area contributed by atoms with Crippen molar-refractivity contribution in [1.82, 2.24) is 5.32 Å². The maximum Gasteiger partial charge on any atom is 0.239 e. The Hall–Kier alpha value is -0.650. The molecule has 0 aromatic heterocycles. The molecule has 5 nitrogen and oxygen atoms in total. The van der Waals surface area contributed by atoms with E-state index in [9.17, 15) is 4.79 Å². The van der Waals surface area contributed by atoms with Gasteiger partial charge in [-0.2, -0.15) is 0 Å². The van der Waals surface area contributed by atoms with E-state index in [4.69, 9.17) is 15.2 Å². The van der Waals surface area contributed by atoms with Crippen LogP contribution in [0.25, 0.3) is 0 Å². The summed E-state index contributed by atoms with van der Waals surface area (Å²) in [7, 11) is 1.53. The molecule has 1 aliphatic rings. The van der Waals surface area contributed by atoms with Crippen molar-refractivity contribution in [3.05, 3.63) is 0 Å².